The van der Waals surface area contributed by atoms with Crippen LogP contribution in [0.4, 0.5) is 0 Å². The second-order valence-corrected chi connectivity index (χ2v) is 1.40. The quantitative estimate of drug-likeness (QED) is 0.468. The number of unbranched alkanes of at least 4 members (excludes halogenated alkanes) is 2. The minimum absolute atomic E-state index is 0.966. The molecule has 0 heteroatoms. The summed E-state index contributed by atoms with van der Waals surface area (Å²) in [5.74, 6) is 0. The Bertz CT molecular complexity index is 45.1. The highest BCUT2D eigenvalue weighted by Crippen LogP contribution is 1.93. The van der Waals surface area contributed by atoms with Crippen LogP contribution < -0.4 is 0 Å². The minimum Gasteiger partial charge on any atom is -0.0845 e. The Labute approximate surface area is 45.5 Å². The molecule has 0 bridgehead atoms. The Morgan fingerprint density at radius 2 is 1.43 bits per heavy atom. The summed E-state index contributed by atoms with van der Waals surface area (Å²) in [5, 5.41) is 0. The number of hydrogen-bond donors (Lipinski definition) is 0. The van der Waals surface area contributed by atoms with Gasteiger partial charge >= 0.3 is 0 Å². The molecule has 0 saturated heterocycles. The second kappa shape index (κ2) is 5.48. The maximum Gasteiger partial charge on any atom is -0.0345 e. The maximum absolute atomic E-state index is 5.09. The highest BCUT2D eigenvalue weighted by Gasteiger charge is 1.74. The second-order valence-electron chi connectivity index (χ2n) is 1.40. The van der Waals surface area contributed by atoms with Gasteiger partial charge in [0.05, 0.1) is 0 Å². The largest absolute Gasteiger partial charge is 0.0845 e. The molecule has 0 amide bonds. The van der Waals surface area contributed by atoms with E-state index in [-0.39, 0.29) is 0 Å². The first-order chi connectivity index (χ1) is 3.41. The summed E-state index contributed by atoms with van der Waals surface area (Å²) in [5.41, 5.74) is 0. The van der Waals surface area contributed by atoms with Crippen LogP contribution in [0, 0.1) is 13.2 Å². The molecule has 0 nitrogen and oxygen atoms in total. The summed E-state index contributed by atoms with van der Waals surface area (Å²) in [4.78, 5) is 0. The molecule has 7 heavy (non-hydrogen) atoms. The molecule has 0 saturated carbocycles. The van der Waals surface area contributed by atoms with E-state index in [1.165, 1.54) is 0 Å². The predicted octanol–water partition coefficient (Wildman–Crippen LogP) is 2.14. The Kier molecular flexibility index (Phi) is 5.07. The molecule has 0 aromatic carbocycles. The van der Waals surface area contributed by atoms with Gasteiger partial charge in [-0.15, -0.1) is 0 Å². The van der Waals surface area contributed by atoms with E-state index in [9.17, 15) is 0 Å². The number of allylic oxidation sites excluding steroid dienone is 2. The van der Waals surface area contributed by atoms with Gasteiger partial charge in [0, 0.05) is 0 Å². The molecule has 0 fully saturated rings. The molecule has 0 aromatic heterocycles. The van der Waals surface area contributed by atoms with Crippen molar-refractivity contribution in [2.45, 2.75) is 19.3 Å². The zero-order chi connectivity index (χ0) is 5.54. The van der Waals surface area contributed by atoms with Crippen LogP contribution in [0.15, 0.2) is 12.2 Å². The SMILES string of the molecule is [CH]=CCCCC=[CH]. The van der Waals surface area contributed by atoms with Gasteiger partial charge in [-0.05, 0) is 19.3 Å². The van der Waals surface area contributed by atoms with Crippen LogP contribution in [0.1, 0.15) is 19.3 Å². The summed E-state index contributed by atoms with van der Waals surface area (Å²) in [6, 6.07) is 0. The fourth-order valence-corrected chi connectivity index (χ4v) is 0.354. The lowest BCUT2D eigenvalue weighted by atomic mass is 10.2. The third-order valence-electron chi connectivity index (χ3n) is 0.742. The van der Waals surface area contributed by atoms with Gasteiger partial charge in [0.1, 0.15) is 0 Å². The Hall–Kier alpha value is -0.520. The average Bonchev–Trinajstić information content (AvgIpc) is 1.69. The van der Waals surface area contributed by atoms with Crippen LogP contribution in [0.25, 0.3) is 0 Å². The lowest BCUT2D eigenvalue weighted by Gasteiger charge is -1.83. The Balaban J connectivity index is 2.68. The molecule has 0 aliphatic rings. The van der Waals surface area contributed by atoms with Crippen LogP contribution in [0.5, 0.6) is 0 Å². The van der Waals surface area contributed by atoms with Gasteiger partial charge in [0.25, 0.3) is 0 Å². The van der Waals surface area contributed by atoms with Crippen molar-refractivity contribution in [1.82, 2.24) is 0 Å². The summed E-state index contributed by atoms with van der Waals surface area (Å²) in [6.07, 6.45) is 6.32. The monoisotopic (exact) mass is 94.1 g/mol. The van der Waals surface area contributed by atoms with Crippen molar-refractivity contribution < 1.29 is 0 Å². The smallest absolute Gasteiger partial charge is 0.0345 e. The van der Waals surface area contributed by atoms with Crippen LogP contribution in [0.3, 0.4) is 0 Å². The predicted molar refractivity (Wildman–Crippen MR) is 31.6 cm³/mol. The first-order valence-electron chi connectivity index (χ1n) is 2.48. The van der Waals surface area contributed by atoms with E-state index in [2.05, 4.69) is 0 Å². The van der Waals surface area contributed by atoms with E-state index in [4.69, 9.17) is 13.2 Å². The first kappa shape index (κ1) is 6.48. The molecule has 0 spiro atoms. The van der Waals surface area contributed by atoms with Gasteiger partial charge in [-0.25, -0.2) is 0 Å². The molecule has 0 aliphatic carbocycles. The molecule has 0 unspecified atom stereocenters. The van der Waals surface area contributed by atoms with E-state index in [0.717, 1.165) is 19.3 Å². The summed E-state index contributed by atoms with van der Waals surface area (Å²) in [6.45, 7) is 10.2. The first-order valence-corrected chi connectivity index (χ1v) is 2.48. The number of hydrogen-bond acceptors (Lipinski definition) is 0. The molecule has 0 aromatic rings. The van der Waals surface area contributed by atoms with Crippen molar-refractivity contribution in [1.29, 1.82) is 0 Å². The normalized spacial score (nSPS) is 8.00. The highest BCUT2D eigenvalue weighted by atomic mass is 13.8. The minimum atomic E-state index is 0.966. The summed E-state index contributed by atoms with van der Waals surface area (Å²) >= 11 is 0. The van der Waals surface area contributed by atoms with E-state index in [1.54, 1.807) is 12.2 Å². The zero-order valence-electron chi connectivity index (χ0n) is 4.43. The molecule has 0 N–H and O–H groups in total. The van der Waals surface area contributed by atoms with E-state index < -0.39 is 0 Å². The molecule has 0 heterocycles. The molecule has 0 atom stereocenters. The van der Waals surface area contributed by atoms with Gasteiger partial charge in [-0.2, -0.15) is 0 Å². The standard InChI is InChI=1S/C7H10/c1-3-5-7-6-4-2/h1-4H,5-7H2. The molecule has 2 radical (unpaired) electrons. The van der Waals surface area contributed by atoms with Crippen LogP contribution in [0.2, 0.25) is 0 Å². The molecule has 0 aliphatic heterocycles. The Morgan fingerprint density at radius 1 is 1.00 bits per heavy atom. The van der Waals surface area contributed by atoms with Crippen molar-refractivity contribution in [2.24, 2.45) is 0 Å². The fourth-order valence-electron chi connectivity index (χ4n) is 0.354. The lowest BCUT2D eigenvalue weighted by Crippen LogP contribution is -1.64. The molecular formula is C7H10. The van der Waals surface area contributed by atoms with Gasteiger partial charge in [-0.3, -0.25) is 0 Å². The lowest BCUT2D eigenvalue weighted by molar-refractivity contribution is 0.869. The van der Waals surface area contributed by atoms with E-state index in [1.807, 2.05) is 0 Å². The van der Waals surface area contributed by atoms with Crippen molar-refractivity contribution >= 4 is 0 Å². The third-order valence-corrected chi connectivity index (χ3v) is 0.742. The van der Waals surface area contributed by atoms with Gasteiger partial charge in [0.15, 0.2) is 0 Å². The molecule has 38 valence electrons. The van der Waals surface area contributed by atoms with Crippen LogP contribution >= 0.6 is 0 Å². The van der Waals surface area contributed by atoms with E-state index >= 15 is 0 Å². The summed E-state index contributed by atoms with van der Waals surface area (Å²) < 4.78 is 0. The van der Waals surface area contributed by atoms with Crippen molar-refractivity contribution in [2.75, 3.05) is 0 Å². The molecular weight excluding hydrogens is 84.1 g/mol. The Morgan fingerprint density at radius 3 is 1.71 bits per heavy atom. The highest BCUT2D eigenvalue weighted by molar-refractivity contribution is 4.67. The van der Waals surface area contributed by atoms with E-state index in [0.29, 0.717) is 0 Å². The topological polar surface area (TPSA) is 0 Å². The van der Waals surface area contributed by atoms with Crippen molar-refractivity contribution in [3.05, 3.63) is 25.3 Å². The maximum atomic E-state index is 5.09. The van der Waals surface area contributed by atoms with Gasteiger partial charge < -0.3 is 0 Å². The van der Waals surface area contributed by atoms with Gasteiger partial charge in [0.2, 0.25) is 0 Å². The van der Waals surface area contributed by atoms with Crippen molar-refractivity contribution in [3.8, 4) is 0 Å². The van der Waals surface area contributed by atoms with Crippen LogP contribution in [-0.4, -0.2) is 0 Å². The fraction of sp³-hybridized carbons (Fsp3) is 0.429. The van der Waals surface area contributed by atoms with Crippen LogP contribution in [-0.2, 0) is 0 Å². The third kappa shape index (κ3) is 5.48. The van der Waals surface area contributed by atoms with Gasteiger partial charge in [-0.1, -0.05) is 25.3 Å². The number of rotatable bonds is 4. The average molecular weight is 94.2 g/mol. The van der Waals surface area contributed by atoms with Crippen molar-refractivity contribution in [3.63, 3.8) is 0 Å². The summed E-state index contributed by atoms with van der Waals surface area (Å²) in [7, 11) is 0. The molecule has 0 rings (SSSR count). The zero-order valence-corrected chi connectivity index (χ0v) is 4.43.